The van der Waals surface area contributed by atoms with Crippen LogP contribution in [0.1, 0.15) is 36.7 Å². The summed E-state index contributed by atoms with van der Waals surface area (Å²) in [7, 11) is 3.97. The quantitative estimate of drug-likeness (QED) is 0.748. The van der Waals surface area contributed by atoms with E-state index in [1.807, 2.05) is 54.2 Å². The lowest BCUT2D eigenvalue weighted by Crippen LogP contribution is -2.41. The maximum atomic E-state index is 13.3. The van der Waals surface area contributed by atoms with Crippen LogP contribution in [0.25, 0.3) is 0 Å². The second kappa shape index (κ2) is 8.45. The Kier molecular flexibility index (Phi) is 6.54. The molecule has 0 aliphatic heterocycles. The van der Waals surface area contributed by atoms with E-state index in [4.69, 9.17) is 17.3 Å². The van der Waals surface area contributed by atoms with Gasteiger partial charge in [-0.2, -0.15) is 0 Å². The van der Waals surface area contributed by atoms with Crippen LogP contribution in [0.5, 0.6) is 0 Å². The Bertz CT molecular complexity index is 774. The lowest BCUT2D eigenvalue weighted by atomic mass is 10.0. The monoisotopic (exact) mass is 373 g/mol. The fraction of sp³-hybridized carbons (Fsp3) is 0.381. The van der Waals surface area contributed by atoms with E-state index in [9.17, 15) is 4.79 Å². The van der Waals surface area contributed by atoms with E-state index in [1.165, 1.54) is 0 Å². The number of hydrogen-bond donors (Lipinski definition) is 1. The second-order valence-electron chi connectivity index (χ2n) is 7.18. The molecule has 2 aromatic carbocycles. The van der Waals surface area contributed by atoms with Crippen LogP contribution in [0.2, 0.25) is 5.02 Å². The summed E-state index contributed by atoms with van der Waals surface area (Å²) >= 11 is 6.28. The zero-order valence-electron chi connectivity index (χ0n) is 16.2. The Labute approximate surface area is 161 Å². The van der Waals surface area contributed by atoms with Crippen LogP contribution in [-0.2, 0) is 6.54 Å². The molecule has 0 fully saturated rings. The third-order valence-electron chi connectivity index (χ3n) is 4.75. The molecule has 0 bridgehead atoms. The molecule has 0 unspecified atom stereocenters. The molecule has 5 heteroatoms. The van der Waals surface area contributed by atoms with Crippen molar-refractivity contribution in [3.05, 3.63) is 58.6 Å². The van der Waals surface area contributed by atoms with Gasteiger partial charge in [-0.15, -0.1) is 0 Å². The predicted molar refractivity (Wildman–Crippen MR) is 111 cm³/mol. The van der Waals surface area contributed by atoms with E-state index in [1.54, 1.807) is 12.1 Å². The van der Waals surface area contributed by atoms with Gasteiger partial charge in [0.1, 0.15) is 0 Å². The second-order valence-corrected chi connectivity index (χ2v) is 7.59. The van der Waals surface area contributed by atoms with Gasteiger partial charge in [0.2, 0.25) is 0 Å². The summed E-state index contributed by atoms with van der Waals surface area (Å²) in [5.41, 5.74) is 9.29. The molecule has 1 atom stereocenters. The summed E-state index contributed by atoms with van der Waals surface area (Å²) < 4.78 is 0. The van der Waals surface area contributed by atoms with Crippen LogP contribution in [0.3, 0.4) is 0 Å². The van der Waals surface area contributed by atoms with Crippen LogP contribution >= 0.6 is 11.6 Å². The number of carbonyl (C=O) groups is 1. The molecule has 0 heterocycles. The molecule has 0 aromatic heterocycles. The minimum atomic E-state index is -0.0658. The number of nitrogen functional groups attached to an aromatic ring is 1. The highest BCUT2D eigenvalue weighted by molar-refractivity contribution is 6.33. The maximum absolute atomic E-state index is 13.3. The normalized spacial score (nSPS) is 12.1. The van der Waals surface area contributed by atoms with Crippen molar-refractivity contribution in [3.63, 3.8) is 0 Å². The van der Waals surface area contributed by atoms with Gasteiger partial charge in [-0.1, -0.05) is 37.6 Å². The summed E-state index contributed by atoms with van der Waals surface area (Å²) in [4.78, 5) is 17.2. The number of nitrogens with two attached hydrogens (primary N) is 1. The van der Waals surface area contributed by atoms with Crippen LogP contribution in [-0.4, -0.2) is 30.9 Å². The van der Waals surface area contributed by atoms with E-state index in [-0.39, 0.29) is 11.9 Å². The zero-order valence-corrected chi connectivity index (χ0v) is 16.9. The van der Waals surface area contributed by atoms with Crippen molar-refractivity contribution in [3.8, 4) is 0 Å². The van der Waals surface area contributed by atoms with Gasteiger partial charge < -0.3 is 15.5 Å². The largest absolute Gasteiger partial charge is 0.399 e. The van der Waals surface area contributed by atoms with E-state index >= 15 is 0 Å². The van der Waals surface area contributed by atoms with Crippen LogP contribution in [0.15, 0.2) is 42.5 Å². The summed E-state index contributed by atoms with van der Waals surface area (Å²) in [5, 5.41) is 0.471. The minimum Gasteiger partial charge on any atom is -0.399 e. The Morgan fingerprint density at radius 1 is 1.12 bits per heavy atom. The summed E-state index contributed by atoms with van der Waals surface area (Å²) in [6.07, 6.45) is 0. The standard InChI is InChI=1S/C21H28ClN3O/c1-14(2)15(3)25(21(26)18-8-6-7-9-19(18)22)13-16-12-17(23)10-11-20(16)24(4)5/h6-12,14-15H,13,23H2,1-5H3/t15-/m1/s1. The molecule has 2 aromatic rings. The minimum absolute atomic E-state index is 0.0511. The molecule has 1 amide bonds. The Balaban J connectivity index is 2.46. The highest BCUT2D eigenvalue weighted by atomic mass is 35.5. The summed E-state index contributed by atoms with van der Waals surface area (Å²) in [6, 6.07) is 13.1. The van der Waals surface area contributed by atoms with Gasteiger partial charge in [0.05, 0.1) is 10.6 Å². The summed E-state index contributed by atoms with van der Waals surface area (Å²) in [5.74, 6) is 0.245. The highest BCUT2D eigenvalue weighted by Gasteiger charge is 2.26. The number of rotatable bonds is 6. The molecule has 0 radical (unpaired) electrons. The zero-order chi connectivity index (χ0) is 19.4. The summed E-state index contributed by atoms with van der Waals surface area (Å²) in [6.45, 7) is 6.77. The number of nitrogens with zero attached hydrogens (tertiary/aromatic N) is 2. The lowest BCUT2D eigenvalue weighted by Gasteiger charge is -2.33. The average molecular weight is 374 g/mol. The van der Waals surface area contributed by atoms with E-state index in [0.29, 0.717) is 28.7 Å². The van der Waals surface area contributed by atoms with Crippen molar-refractivity contribution >= 4 is 28.9 Å². The van der Waals surface area contributed by atoms with Crippen LogP contribution in [0.4, 0.5) is 11.4 Å². The van der Waals surface area contributed by atoms with Gasteiger partial charge in [0.15, 0.2) is 0 Å². The fourth-order valence-electron chi connectivity index (χ4n) is 2.90. The molecule has 0 saturated heterocycles. The Hall–Kier alpha value is -2.20. The highest BCUT2D eigenvalue weighted by Crippen LogP contribution is 2.27. The SMILES string of the molecule is CC(C)[C@@H](C)N(Cc1cc(N)ccc1N(C)C)C(=O)c1ccccc1Cl. The van der Waals surface area contributed by atoms with Gasteiger partial charge in [-0.3, -0.25) is 4.79 Å². The first-order valence-corrected chi connectivity index (χ1v) is 9.21. The lowest BCUT2D eigenvalue weighted by molar-refractivity contribution is 0.0628. The number of carbonyl (C=O) groups excluding carboxylic acids is 1. The number of halogens is 1. The molecule has 0 spiro atoms. The van der Waals surface area contributed by atoms with Crippen molar-refractivity contribution in [1.29, 1.82) is 0 Å². The van der Waals surface area contributed by atoms with Crippen molar-refractivity contribution < 1.29 is 4.79 Å². The first kappa shape index (κ1) is 20.1. The van der Waals surface area contributed by atoms with E-state index in [2.05, 4.69) is 20.8 Å². The van der Waals surface area contributed by atoms with Gasteiger partial charge >= 0.3 is 0 Å². The first-order valence-electron chi connectivity index (χ1n) is 8.83. The Morgan fingerprint density at radius 3 is 2.35 bits per heavy atom. The molecule has 4 nitrogen and oxygen atoms in total. The molecule has 140 valence electrons. The predicted octanol–water partition coefficient (Wildman–Crippen LogP) is 4.68. The number of benzene rings is 2. The van der Waals surface area contributed by atoms with E-state index < -0.39 is 0 Å². The third kappa shape index (κ3) is 4.50. The van der Waals surface area contributed by atoms with Crippen molar-refractivity contribution in [2.75, 3.05) is 24.7 Å². The topological polar surface area (TPSA) is 49.6 Å². The molecular formula is C21H28ClN3O. The van der Waals surface area contributed by atoms with Crippen molar-refractivity contribution in [2.45, 2.75) is 33.4 Å². The molecule has 0 aliphatic rings. The van der Waals surface area contributed by atoms with Gasteiger partial charge in [-0.05, 0) is 48.7 Å². The molecule has 0 aliphatic carbocycles. The molecule has 26 heavy (non-hydrogen) atoms. The Morgan fingerprint density at radius 2 is 1.77 bits per heavy atom. The van der Waals surface area contributed by atoms with Gasteiger partial charge in [0, 0.05) is 38.1 Å². The maximum Gasteiger partial charge on any atom is 0.255 e. The van der Waals surface area contributed by atoms with Gasteiger partial charge in [0.25, 0.3) is 5.91 Å². The van der Waals surface area contributed by atoms with Crippen molar-refractivity contribution in [2.24, 2.45) is 5.92 Å². The average Bonchev–Trinajstić information content (AvgIpc) is 2.58. The van der Waals surface area contributed by atoms with Crippen LogP contribution < -0.4 is 10.6 Å². The van der Waals surface area contributed by atoms with Gasteiger partial charge in [-0.25, -0.2) is 0 Å². The molecule has 2 N–H and O–H groups in total. The molecule has 0 saturated carbocycles. The number of anilines is 2. The fourth-order valence-corrected chi connectivity index (χ4v) is 3.12. The van der Waals surface area contributed by atoms with E-state index in [0.717, 1.165) is 11.3 Å². The molecule has 2 rings (SSSR count). The smallest absolute Gasteiger partial charge is 0.255 e. The first-order chi connectivity index (χ1) is 12.2. The molecular weight excluding hydrogens is 346 g/mol. The van der Waals surface area contributed by atoms with Crippen molar-refractivity contribution in [1.82, 2.24) is 4.90 Å². The number of amides is 1. The van der Waals surface area contributed by atoms with Crippen LogP contribution in [0, 0.1) is 5.92 Å². The number of hydrogen-bond acceptors (Lipinski definition) is 3. The third-order valence-corrected chi connectivity index (χ3v) is 5.08.